The number of nitrogens with two attached hydrogens (primary N) is 1. The van der Waals surface area contributed by atoms with Gasteiger partial charge in [-0.3, -0.25) is 4.57 Å². The largest absolute Gasteiger partial charge is 0.394 e. The molecule has 8 nitrogen and oxygen atoms in total. The van der Waals surface area contributed by atoms with Crippen LogP contribution >= 0.6 is 11.6 Å². The number of aliphatic hydroxyl groups excluding tert-OH is 2. The van der Waals surface area contributed by atoms with Gasteiger partial charge in [-0.15, -0.1) is 6.42 Å². The van der Waals surface area contributed by atoms with Gasteiger partial charge in [-0.2, -0.15) is 4.99 Å². The number of halogens is 1. The van der Waals surface area contributed by atoms with Crippen LogP contribution in [0.1, 0.15) is 11.9 Å². The lowest BCUT2D eigenvalue weighted by Crippen LogP contribution is -2.41. The third kappa shape index (κ3) is 1.91. The topological polar surface area (TPSA) is 118 Å². The molecule has 0 spiro atoms. The van der Waals surface area contributed by atoms with Crippen molar-refractivity contribution in [2.45, 2.75) is 23.3 Å². The van der Waals surface area contributed by atoms with Crippen LogP contribution in [0.5, 0.6) is 0 Å². The Morgan fingerprint density at radius 1 is 1.68 bits per heavy atom. The first kappa shape index (κ1) is 14.9. The van der Waals surface area contributed by atoms with Crippen LogP contribution in [-0.2, 0) is 4.74 Å². The Bertz CT molecular complexity index is 709. The molecule has 0 radical (unpaired) electrons. The smallest absolute Gasteiger partial charge is 0.199 e. The lowest BCUT2D eigenvalue weighted by molar-refractivity contribution is -0.0443. The summed E-state index contributed by atoms with van der Waals surface area (Å²) in [6, 6.07) is 0. The van der Waals surface area contributed by atoms with Gasteiger partial charge in [0.25, 0.3) is 0 Å². The molecule has 0 aromatic carbocycles. The summed E-state index contributed by atoms with van der Waals surface area (Å²) in [5.74, 6) is 2.83. The number of alkyl halides is 1. The number of hydrogen-bond donors (Lipinski definition) is 4. The van der Waals surface area contributed by atoms with Crippen LogP contribution in [0.25, 0.3) is 5.70 Å². The Balaban J connectivity index is 2.10. The van der Waals surface area contributed by atoms with Gasteiger partial charge in [0.05, 0.1) is 18.6 Å². The van der Waals surface area contributed by atoms with Gasteiger partial charge in [-0.1, -0.05) is 24.1 Å². The second kappa shape index (κ2) is 5.00. The van der Waals surface area contributed by atoms with Crippen LogP contribution in [0.4, 0.5) is 5.82 Å². The van der Waals surface area contributed by atoms with Gasteiger partial charge in [0.2, 0.25) is 0 Å². The van der Waals surface area contributed by atoms with Gasteiger partial charge in [0.1, 0.15) is 17.9 Å². The number of nitrogens with one attached hydrogen (secondary N) is 1. The minimum Gasteiger partial charge on any atom is -0.394 e. The number of guanidine groups is 1. The summed E-state index contributed by atoms with van der Waals surface area (Å²) in [5.41, 5.74) is 6.62. The Hall–Kier alpha value is -2.05. The Morgan fingerprint density at radius 3 is 3.05 bits per heavy atom. The van der Waals surface area contributed by atoms with E-state index in [1.807, 2.05) is 0 Å². The second-order valence-corrected chi connectivity index (χ2v) is 5.62. The second-order valence-electron chi connectivity index (χ2n) is 4.99. The molecule has 4 atom stereocenters. The third-order valence-electron chi connectivity index (χ3n) is 3.66. The summed E-state index contributed by atoms with van der Waals surface area (Å²) < 4.78 is 7.07. The van der Waals surface area contributed by atoms with E-state index in [2.05, 4.69) is 27.8 Å². The first-order valence-electron chi connectivity index (χ1n) is 6.40. The quantitative estimate of drug-likeness (QED) is 0.421. The molecule has 3 heterocycles. The van der Waals surface area contributed by atoms with E-state index in [0.717, 1.165) is 0 Å². The number of aromatic nitrogens is 2. The van der Waals surface area contributed by atoms with E-state index >= 15 is 0 Å². The number of rotatable bonds is 2. The molecule has 1 saturated heterocycles. The summed E-state index contributed by atoms with van der Waals surface area (Å²) in [4.78, 5) is 6.76. The zero-order valence-electron chi connectivity index (χ0n) is 11.4. The molecule has 9 heteroatoms. The molecule has 2 aliphatic heterocycles. The number of terminal acetylenes is 1. The fraction of sp³-hybridized carbons (Fsp3) is 0.385. The van der Waals surface area contributed by atoms with Crippen LogP contribution in [0, 0.1) is 12.3 Å². The van der Waals surface area contributed by atoms with Crippen LogP contribution in [0.15, 0.2) is 17.9 Å². The molecule has 0 saturated carbocycles. The van der Waals surface area contributed by atoms with E-state index in [9.17, 15) is 10.2 Å². The predicted octanol–water partition coefficient (Wildman–Crippen LogP) is -0.735. The summed E-state index contributed by atoms with van der Waals surface area (Å²) in [5, 5.41) is 22.3. The average Bonchev–Trinajstić information content (AvgIpc) is 3.00. The number of nitrogens with zero attached hydrogens (tertiary/aromatic N) is 3. The van der Waals surface area contributed by atoms with Crippen molar-refractivity contribution in [2.24, 2.45) is 10.7 Å². The maximum atomic E-state index is 10.2. The van der Waals surface area contributed by atoms with Crippen LogP contribution in [0.3, 0.4) is 0 Å². The molecule has 2 aliphatic rings. The maximum absolute atomic E-state index is 10.2. The van der Waals surface area contributed by atoms with Crippen LogP contribution in [-0.4, -0.2) is 49.4 Å². The minimum absolute atomic E-state index is 0.136. The van der Waals surface area contributed by atoms with Gasteiger partial charge in [0.15, 0.2) is 22.9 Å². The maximum Gasteiger partial charge on any atom is 0.199 e. The highest BCUT2D eigenvalue weighted by atomic mass is 35.5. The lowest BCUT2D eigenvalue weighted by Gasteiger charge is -2.26. The van der Waals surface area contributed by atoms with Crippen molar-refractivity contribution in [2.75, 3.05) is 6.61 Å². The van der Waals surface area contributed by atoms with Crippen molar-refractivity contribution in [3.05, 3.63) is 18.6 Å². The summed E-state index contributed by atoms with van der Waals surface area (Å²) in [6.45, 7) is 3.37. The Labute approximate surface area is 131 Å². The Morgan fingerprint density at radius 2 is 2.41 bits per heavy atom. The summed E-state index contributed by atoms with van der Waals surface area (Å²) >= 11 is 6.36. The van der Waals surface area contributed by atoms with E-state index in [4.69, 9.17) is 28.5 Å². The van der Waals surface area contributed by atoms with Crippen molar-refractivity contribution in [1.29, 1.82) is 0 Å². The molecule has 0 aliphatic carbocycles. The lowest BCUT2D eigenvalue weighted by atomic mass is 9.99. The number of imidazole rings is 1. The average molecular weight is 324 g/mol. The minimum atomic E-state index is -1.57. The highest BCUT2D eigenvalue weighted by Crippen LogP contribution is 2.45. The first-order chi connectivity index (χ1) is 10.4. The van der Waals surface area contributed by atoms with E-state index < -0.39 is 29.9 Å². The molecule has 22 heavy (non-hydrogen) atoms. The van der Waals surface area contributed by atoms with Gasteiger partial charge >= 0.3 is 0 Å². The Kier molecular flexibility index (Phi) is 3.38. The molecule has 1 aromatic heterocycles. The fourth-order valence-corrected chi connectivity index (χ4v) is 2.83. The standard InChI is InChI=1S/C13H14ClN5O3/c1-3-13(14)9(21)7(4-20)22-11(13)19-5-16-8-6(2)17-12(15)18-10(8)19/h1,5,7,9,11,20-21H,2,4H2,(H3,15,17,18)/t7?,9?,11-,13-/m1/s1. The van der Waals surface area contributed by atoms with Crippen molar-refractivity contribution >= 4 is 29.1 Å². The molecule has 5 N–H and O–H groups in total. The van der Waals surface area contributed by atoms with Gasteiger partial charge in [0, 0.05) is 0 Å². The van der Waals surface area contributed by atoms with E-state index in [0.29, 0.717) is 17.2 Å². The number of aliphatic hydroxyl groups is 2. The van der Waals surface area contributed by atoms with Crippen molar-refractivity contribution in [3.63, 3.8) is 0 Å². The number of ether oxygens (including phenoxy) is 1. The van der Waals surface area contributed by atoms with Crippen LogP contribution < -0.4 is 11.1 Å². The summed E-state index contributed by atoms with van der Waals surface area (Å²) in [7, 11) is 0. The van der Waals surface area contributed by atoms with Gasteiger partial charge in [-0.05, 0) is 0 Å². The predicted molar refractivity (Wildman–Crippen MR) is 80.1 cm³/mol. The number of aliphatic imine (C=N–C) groups is 1. The normalized spacial score (nSPS) is 33.8. The van der Waals surface area contributed by atoms with Crippen molar-refractivity contribution in [1.82, 2.24) is 14.9 Å². The van der Waals surface area contributed by atoms with E-state index in [1.165, 1.54) is 10.9 Å². The highest BCUT2D eigenvalue weighted by Gasteiger charge is 2.56. The molecular weight excluding hydrogens is 310 g/mol. The highest BCUT2D eigenvalue weighted by molar-refractivity contribution is 6.27. The van der Waals surface area contributed by atoms with Crippen molar-refractivity contribution < 1.29 is 14.9 Å². The number of fused-ring (bicyclic) bond motifs is 1. The zero-order valence-corrected chi connectivity index (χ0v) is 12.2. The number of hydrogen-bond acceptors (Lipinski definition) is 7. The third-order valence-corrected chi connectivity index (χ3v) is 4.18. The van der Waals surface area contributed by atoms with Gasteiger partial charge in [-0.25, -0.2) is 4.98 Å². The first-order valence-corrected chi connectivity index (χ1v) is 6.78. The molecule has 1 fully saturated rings. The van der Waals surface area contributed by atoms with E-state index in [1.54, 1.807) is 0 Å². The molecule has 0 amide bonds. The summed E-state index contributed by atoms with van der Waals surface area (Å²) in [6.07, 6.45) is 3.76. The van der Waals surface area contributed by atoms with E-state index in [-0.39, 0.29) is 5.96 Å². The molecule has 3 rings (SSSR count). The SMILES string of the molecule is C#C[C@@]1(Cl)C(O)C(CO)O[C@H]1n1cnc2c1N=C(N)NC2=C. The van der Waals surface area contributed by atoms with Gasteiger partial charge < -0.3 is 26.0 Å². The molecule has 116 valence electrons. The molecular formula is C13H14ClN5O3. The molecule has 2 unspecified atom stereocenters. The fourth-order valence-electron chi connectivity index (χ4n) is 2.53. The molecule has 0 bridgehead atoms. The van der Waals surface area contributed by atoms with Crippen LogP contribution in [0.2, 0.25) is 0 Å². The zero-order chi connectivity index (χ0) is 16.1. The monoisotopic (exact) mass is 323 g/mol. The molecule has 1 aromatic rings. The van der Waals surface area contributed by atoms with Crippen molar-refractivity contribution in [3.8, 4) is 12.3 Å².